The summed E-state index contributed by atoms with van der Waals surface area (Å²) in [5, 5.41) is 5.99. The van der Waals surface area contributed by atoms with E-state index in [1.54, 1.807) is 0 Å². The van der Waals surface area contributed by atoms with Gasteiger partial charge in [0, 0.05) is 12.1 Å². The average Bonchev–Trinajstić information content (AvgIpc) is 2.86. The molecule has 0 aromatic carbocycles. The highest BCUT2D eigenvalue weighted by Crippen LogP contribution is 2.18. The molecule has 0 aromatic heterocycles. The first kappa shape index (κ1) is 20.3. The Bertz CT molecular complexity index is 377. The molecule has 2 rings (SSSR count). The molecule has 0 saturated heterocycles. The monoisotopic (exact) mass is 350 g/mol. The maximum Gasteiger partial charge on any atom is 0.309 e. The molecule has 2 aliphatic carbocycles. The summed E-state index contributed by atoms with van der Waals surface area (Å²) in [6.45, 7) is 0. The smallest absolute Gasteiger partial charge is 0.309 e. The van der Waals surface area contributed by atoms with E-state index in [2.05, 4.69) is 10.6 Å². The molecule has 0 atom stereocenters. The van der Waals surface area contributed by atoms with Crippen LogP contribution in [0, 0.1) is 0 Å². The Morgan fingerprint density at radius 1 is 0.440 bits per heavy atom. The minimum atomic E-state index is -0.419. The van der Waals surface area contributed by atoms with Gasteiger partial charge in [0.2, 0.25) is 0 Å². The van der Waals surface area contributed by atoms with Crippen LogP contribution < -0.4 is 10.6 Å². The van der Waals surface area contributed by atoms with Crippen LogP contribution in [0.15, 0.2) is 0 Å². The Hall–Kier alpha value is -1.06. The molecule has 2 saturated carbocycles. The van der Waals surface area contributed by atoms with Crippen LogP contribution >= 0.6 is 0 Å². The topological polar surface area (TPSA) is 58.2 Å². The summed E-state index contributed by atoms with van der Waals surface area (Å²) >= 11 is 0. The molecule has 2 aliphatic rings. The number of nitrogens with one attached hydrogen (secondary N) is 2. The third kappa shape index (κ3) is 8.73. The maximum atomic E-state index is 12.3. The van der Waals surface area contributed by atoms with Crippen molar-refractivity contribution in [1.82, 2.24) is 10.6 Å². The van der Waals surface area contributed by atoms with Gasteiger partial charge in [-0.15, -0.1) is 0 Å². The van der Waals surface area contributed by atoms with Gasteiger partial charge < -0.3 is 10.6 Å². The lowest BCUT2D eigenvalue weighted by Crippen LogP contribution is -2.47. The lowest BCUT2D eigenvalue weighted by molar-refractivity contribution is -0.140. The second kappa shape index (κ2) is 12.3. The fourth-order valence-electron chi connectivity index (χ4n) is 4.23. The number of rotatable bonds is 2. The van der Waals surface area contributed by atoms with Gasteiger partial charge in [-0.25, -0.2) is 0 Å². The van der Waals surface area contributed by atoms with Crippen molar-refractivity contribution < 1.29 is 9.59 Å². The fourth-order valence-corrected chi connectivity index (χ4v) is 4.23. The Labute approximate surface area is 153 Å². The summed E-state index contributed by atoms with van der Waals surface area (Å²) in [6, 6.07) is 0.365. The normalized spacial score (nSPS) is 22.9. The molecule has 0 aromatic rings. The van der Waals surface area contributed by atoms with E-state index < -0.39 is 11.8 Å². The molecular weight excluding hydrogens is 312 g/mol. The Balaban J connectivity index is 1.75. The third-order valence-electron chi connectivity index (χ3n) is 5.84. The zero-order valence-electron chi connectivity index (χ0n) is 16.0. The molecule has 2 amide bonds. The van der Waals surface area contributed by atoms with Gasteiger partial charge >= 0.3 is 11.8 Å². The molecule has 0 radical (unpaired) electrons. The minimum absolute atomic E-state index is 0.173. The molecular formula is C21H38N2O2. The number of carbonyl (C=O) groups is 2. The Kier molecular flexibility index (Phi) is 9.98. The second-order valence-corrected chi connectivity index (χ2v) is 8.09. The summed E-state index contributed by atoms with van der Waals surface area (Å²) in [6.07, 6.45) is 20.4. The van der Waals surface area contributed by atoms with Crippen LogP contribution in [-0.2, 0) is 9.59 Å². The van der Waals surface area contributed by atoms with E-state index in [0.717, 1.165) is 51.4 Å². The first-order chi connectivity index (χ1) is 12.3. The van der Waals surface area contributed by atoms with Gasteiger partial charge in [-0.05, 0) is 25.7 Å². The first-order valence-electron chi connectivity index (χ1n) is 10.9. The zero-order chi connectivity index (χ0) is 17.7. The SMILES string of the molecule is O=C(NC1CCCCCCCCCCC1)C(=O)NC1CCCCCC1. The largest absolute Gasteiger partial charge is 0.345 e. The fraction of sp³-hybridized carbons (Fsp3) is 0.905. The van der Waals surface area contributed by atoms with Crippen molar-refractivity contribution in [3.63, 3.8) is 0 Å². The molecule has 4 nitrogen and oxygen atoms in total. The van der Waals surface area contributed by atoms with Crippen molar-refractivity contribution in [1.29, 1.82) is 0 Å². The van der Waals surface area contributed by atoms with Crippen molar-refractivity contribution in [2.24, 2.45) is 0 Å². The van der Waals surface area contributed by atoms with Gasteiger partial charge in [0.1, 0.15) is 0 Å². The number of hydrogen-bond donors (Lipinski definition) is 2. The maximum absolute atomic E-state index is 12.3. The van der Waals surface area contributed by atoms with Gasteiger partial charge in [0.25, 0.3) is 0 Å². The van der Waals surface area contributed by atoms with Crippen molar-refractivity contribution >= 4 is 11.8 Å². The molecule has 2 N–H and O–H groups in total. The lowest BCUT2D eigenvalue weighted by atomic mass is 9.98. The molecule has 25 heavy (non-hydrogen) atoms. The van der Waals surface area contributed by atoms with Gasteiger partial charge in [0.05, 0.1) is 0 Å². The lowest BCUT2D eigenvalue weighted by Gasteiger charge is -2.21. The van der Waals surface area contributed by atoms with Crippen LogP contribution in [0.25, 0.3) is 0 Å². The van der Waals surface area contributed by atoms with E-state index in [4.69, 9.17) is 0 Å². The van der Waals surface area contributed by atoms with Gasteiger partial charge in [0.15, 0.2) is 0 Å². The molecule has 0 unspecified atom stereocenters. The highest BCUT2D eigenvalue weighted by atomic mass is 16.2. The molecule has 0 heterocycles. The average molecular weight is 351 g/mol. The van der Waals surface area contributed by atoms with Crippen LogP contribution in [0.1, 0.15) is 109 Å². The highest BCUT2D eigenvalue weighted by molar-refractivity contribution is 6.35. The Morgan fingerprint density at radius 2 is 0.680 bits per heavy atom. The summed E-state index contributed by atoms with van der Waals surface area (Å²) < 4.78 is 0. The molecule has 0 spiro atoms. The number of hydrogen-bond acceptors (Lipinski definition) is 2. The van der Waals surface area contributed by atoms with Gasteiger partial charge in [-0.1, -0.05) is 83.5 Å². The predicted octanol–water partition coefficient (Wildman–Crippen LogP) is 4.61. The second-order valence-electron chi connectivity index (χ2n) is 8.09. The van der Waals surface area contributed by atoms with Crippen LogP contribution in [0.2, 0.25) is 0 Å². The molecule has 0 bridgehead atoms. The van der Waals surface area contributed by atoms with E-state index in [0.29, 0.717) is 0 Å². The molecule has 144 valence electrons. The van der Waals surface area contributed by atoms with Crippen molar-refractivity contribution in [2.45, 2.75) is 121 Å². The van der Waals surface area contributed by atoms with Crippen LogP contribution in [-0.4, -0.2) is 23.9 Å². The van der Waals surface area contributed by atoms with Crippen molar-refractivity contribution in [3.8, 4) is 0 Å². The number of amides is 2. The predicted molar refractivity (Wildman–Crippen MR) is 102 cm³/mol. The van der Waals surface area contributed by atoms with Crippen LogP contribution in [0.4, 0.5) is 0 Å². The highest BCUT2D eigenvalue weighted by Gasteiger charge is 2.22. The summed E-state index contributed by atoms with van der Waals surface area (Å²) in [4.78, 5) is 24.6. The molecule has 2 fully saturated rings. The van der Waals surface area contributed by atoms with E-state index in [1.807, 2.05) is 0 Å². The number of carbonyl (C=O) groups excluding carboxylic acids is 2. The van der Waals surface area contributed by atoms with E-state index >= 15 is 0 Å². The summed E-state index contributed by atoms with van der Waals surface area (Å²) in [5.41, 5.74) is 0. The van der Waals surface area contributed by atoms with E-state index in [1.165, 1.54) is 57.8 Å². The van der Waals surface area contributed by atoms with Gasteiger partial charge in [-0.3, -0.25) is 9.59 Å². The third-order valence-corrected chi connectivity index (χ3v) is 5.84. The zero-order valence-corrected chi connectivity index (χ0v) is 16.0. The van der Waals surface area contributed by atoms with Crippen molar-refractivity contribution in [3.05, 3.63) is 0 Å². The summed E-state index contributed by atoms with van der Waals surface area (Å²) in [7, 11) is 0. The standard InChI is InChI=1S/C21H38N2O2/c24-20(21(25)23-19-16-12-8-9-13-17-19)22-18-14-10-6-4-2-1-3-5-7-11-15-18/h18-19H,1-17H2,(H,22,24)(H,23,25). The summed E-state index contributed by atoms with van der Waals surface area (Å²) in [5.74, 6) is -0.834. The first-order valence-corrected chi connectivity index (χ1v) is 10.9. The van der Waals surface area contributed by atoms with Crippen LogP contribution in [0.3, 0.4) is 0 Å². The van der Waals surface area contributed by atoms with E-state index in [-0.39, 0.29) is 12.1 Å². The van der Waals surface area contributed by atoms with Gasteiger partial charge in [-0.2, -0.15) is 0 Å². The Morgan fingerprint density at radius 3 is 0.960 bits per heavy atom. The minimum Gasteiger partial charge on any atom is -0.345 e. The molecule has 4 heteroatoms. The quantitative estimate of drug-likeness (QED) is 0.564. The molecule has 0 aliphatic heterocycles. The van der Waals surface area contributed by atoms with Crippen LogP contribution in [0.5, 0.6) is 0 Å². The van der Waals surface area contributed by atoms with Crippen molar-refractivity contribution in [2.75, 3.05) is 0 Å². The van der Waals surface area contributed by atoms with E-state index in [9.17, 15) is 9.59 Å².